The molecule has 0 bridgehead atoms. The maximum Gasteiger partial charge on any atom is 0.253 e. The minimum atomic E-state index is -0.163. The van der Waals surface area contributed by atoms with Crippen LogP contribution in [0.1, 0.15) is 93.0 Å². The number of nitrogens with two attached hydrogens (primary N) is 1. The Kier molecular flexibility index (Phi) is 12.0. The van der Waals surface area contributed by atoms with E-state index in [1.165, 1.54) is 0 Å². The van der Waals surface area contributed by atoms with E-state index in [2.05, 4.69) is 72.0 Å². The fraction of sp³-hybridized carbons (Fsp3) is 0.485. The molecule has 9 heteroatoms. The van der Waals surface area contributed by atoms with Gasteiger partial charge in [-0.3, -0.25) is 14.5 Å². The van der Waals surface area contributed by atoms with Crippen LogP contribution in [0.15, 0.2) is 55.4 Å². The summed E-state index contributed by atoms with van der Waals surface area (Å²) in [7, 11) is 0. The van der Waals surface area contributed by atoms with Crippen LogP contribution in [0.2, 0.25) is 0 Å². The Morgan fingerprint density at radius 1 is 1.02 bits per heavy atom. The quantitative estimate of drug-likeness (QED) is 0.194. The Morgan fingerprint density at radius 3 is 2.29 bits per heavy atom. The standard InChI is InChI=1S/C33H49N7O2/c1-8-26(9-2)37-30-18-24(11-13-29(30)23(7)34)32(41)38-27(10-3)17-22(6)36-31-14-12-25(19-35-31)33(42)39-28-15-16-40(20-28)21(4)5/h11-14,18-19,21,26-28,37H,6-10,15-17,20,34H2,1-5H3,(H,35,36)(H,38,41)(H,39,42)/t27?,28-/m1/s1. The second kappa shape index (κ2) is 15.4. The summed E-state index contributed by atoms with van der Waals surface area (Å²) in [6.45, 7) is 20.5. The van der Waals surface area contributed by atoms with Crippen LogP contribution >= 0.6 is 0 Å². The predicted molar refractivity (Wildman–Crippen MR) is 173 cm³/mol. The minimum Gasteiger partial charge on any atom is -0.399 e. The van der Waals surface area contributed by atoms with Gasteiger partial charge < -0.3 is 27.0 Å². The number of carbonyl (C=O) groups is 2. The summed E-state index contributed by atoms with van der Waals surface area (Å²) in [4.78, 5) is 32.7. The first-order valence-electron chi connectivity index (χ1n) is 15.2. The molecule has 1 saturated heterocycles. The number of nitrogens with zero attached hydrogens (tertiary/aromatic N) is 2. The van der Waals surface area contributed by atoms with Gasteiger partial charge in [0.2, 0.25) is 0 Å². The molecule has 1 aliphatic rings. The van der Waals surface area contributed by atoms with Crippen LogP contribution in [0.5, 0.6) is 0 Å². The van der Waals surface area contributed by atoms with Gasteiger partial charge in [-0.05, 0) is 63.8 Å². The van der Waals surface area contributed by atoms with Gasteiger partial charge in [0, 0.05) is 78.1 Å². The molecule has 0 spiro atoms. The fourth-order valence-electron chi connectivity index (χ4n) is 5.14. The lowest BCUT2D eigenvalue weighted by Crippen LogP contribution is -2.38. The van der Waals surface area contributed by atoms with Gasteiger partial charge in [0.25, 0.3) is 11.8 Å². The zero-order valence-corrected chi connectivity index (χ0v) is 25.9. The van der Waals surface area contributed by atoms with Crippen molar-refractivity contribution in [3.05, 3.63) is 72.1 Å². The monoisotopic (exact) mass is 575 g/mol. The summed E-state index contributed by atoms with van der Waals surface area (Å²) in [5, 5.41) is 13.0. The number of aromatic nitrogens is 1. The van der Waals surface area contributed by atoms with Crippen molar-refractivity contribution >= 4 is 29.0 Å². The third-order valence-corrected chi connectivity index (χ3v) is 7.91. The van der Waals surface area contributed by atoms with Gasteiger partial charge in [0.15, 0.2) is 0 Å². The van der Waals surface area contributed by atoms with E-state index in [9.17, 15) is 9.59 Å². The zero-order chi connectivity index (χ0) is 30.8. The Hall–Kier alpha value is -3.85. The van der Waals surface area contributed by atoms with Gasteiger partial charge in [0.05, 0.1) is 5.56 Å². The second-order valence-corrected chi connectivity index (χ2v) is 11.4. The number of hydrogen-bond acceptors (Lipinski definition) is 7. The van der Waals surface area contributed by atoms with E-state index in [4.69, 9.17) is 5.73 Å². The number of rotatable bonds is 15. The number of likely N-dealkylation sites (tertiary alicyclic amines) is 1. The molecule has 2 aromatic rings. The number of carbonyl (C=O) groups excluding carboxylic acids is 2. The third-order valence-electron chi connectivity index (χ3n) is 7.91. The van der Waals surface area contributed by atoms with Crippen molar-refractivity contribution in [2.75, 3.05) is 23.7 Å². The van der Waals surface area contributed by atoms with Gasteiger partial charge in [-0.2, -0.15) is 0 Å². The SMILES string of the molecule is C=C(CC(CC)NC(=O)c1ccc(C(=C)N)c(NC(CC)CC)c1)Nc1ccc(C(=O)N[C@@H]2CCN(C(C)C)C2)cn1. The number of anilines is 2. The van der Waals surface area contributed by atoms with E-state index in [1.807, 2.05) is 19.1 Å². The fourth-order valence-corrected chi connectivity index (χ4v) is 5.14. The van der Waals surface area contributed by atoms with E-state index in [-0.39, 0.29) is 29.9 Å². The molecule has 1 aromatic carbocycles. The molecule has 1 unspecified atom stereocenters. The van der Waals surface area contributed by atoms with Crippen molar-refractivity contribution in [2.24, 2.45) is 5.73 Å². The molecule has 2 amide bonds. The highest BCUT2D eigenvalue weighted by Gasteiger charge is 2.25. The molecule has 1 aromatic heterocycles. The lowest BCUT2D eigenvalue weighted by atomic mass is 10.0. The van der Waals surface area contributed by atoms with Crippen molar-refractivity contribution < 1.29 is 9.59 Å². The van der Waals surface area contributed by atoms with Crippen molar-refractivity contribution in [3.63, 3.8) is 0 Å². The first kappa shape index (κ1) is 32.7. The molecule has 1 fully saturated rings. The number of amides is 2. The highest BCUT2D eigenvalue weighted by Crippen LogP contribution is 2.24. The van der Waals surface area contributed by atoms with Crippen LogP contribution in [0.4, 0.5) is 11.5 Å². The molecule has 6 N–H and O–H groups in total. The first-order chi connectivity index (χ1) is 20.0. The van der Waals surface area contributed by atoms with Crippen LogP contribution in [0.3, 0.4) is 0 Å². The highest BCUT2D eigenvalue weighted by atomic mass is 16.2. The molecule has 2 heterocycles. The maximum atomic E-state index is 13.2. The first-order valence-corrected chi connectivity index (χ1v) is 15.2. The Balaban J connectivity index is 1.55. The largest absolute Gasteiger partial charge is 0.399 e. The van der Waals surface area contributed by atoms with Gasteiger partial charge in [-0.25, -0.2) is 4.98 Å². The molecular formula is C33H49N7O2. The summed E-state index contributed by atoms with van der Waals surface area (Å²) in [6.07, 6.45) is 5.70. The van der Waals surface area contributed by atoms with E-state index in [0.717, 1.165) is 55.7 Å². The van der Waals surface area contributed by atoms with Crippen molar-refractivity contribution in [1.29, 1.82) is 0 Å². The number of benzene rings is 1. The zero-order valence-electron chi connectivity index (χ0n) is 25.9. The number of nitrogens with one attached hydrogen (secondary N) is 4. The van der Waals surface area contributed by atoms with Crippen LogP contribution in [-0.2, 0) is 0 Å². The summed E-state index contributed by atoms with van der Waals surface area (Å²) < 4.78 is 0. The molecule has 9 nitrogen and oxygen atoms in total. The van der Waals surface area contributed by atoms with Crippen LogP contribution in [0, 0.1) is 0 Å². The Morgan fingerprint density at radius 2 is 1.71 bits per heavy atom. The minimum absolute atomic E-state index is 0.112. The van der Waals surface area contributed by atoms with Crippen LogP contribution in [-0.4, -0.2) is 59.0 Å². The number of hydrogen-bond donors (Lipinski definition) is 5. The van der Waals surface area contributed by atoms with Crippen molar-refractivity contribution in [3.8, 4) is 0 Å². The van der Waals surface area contributed by atoms with Crippen LogP contribution in [0.25, 0.3) is 5.70 Å². The van der Waals surface area contributed by atoms with E-state index < -0.39 is 0 Å². The maximum absolute atomic E-state index is 13.2. The molecule has 1 aliphatic heterocycles. The summed E-state index contributed by atoms with van der Waals surface area (Å²) >= 11 is 0. The van der Waals surface area contributed by atoms with E-state index >= 15 is 0 Å². The average molecular weight is 576 g/mol. The molecule has 0 radical (unpaired) electrons. The van der Waals surface area contributed by atoms with E-state index in [1.54, 1.807) is 24.4 Å². The molecule has 3 rings (SSSR count). The van der Waals surface area contributed by atoms with Crippen molar-refractivity contribution in [2.45, 2.75) is 90.9 Å². The topological polar surface area (TPSA) is 124 Å². The molecule has 228 valence electrons. The van der Waals surface area contributed by atoms with Crippen molar-refractivity contribution in [1.82, 2.24) is 20.5 Å². The molecule has 0 aliphatic carbocycles. The lowest BCUT2D eigenvalue weighted by molar-refractivity contribution is 0.0928. The third kappa shape index (κ3) is 9.08. The van der Waals surface area contributed by atoms with E-state index in [0.29, 0.717) is 35.1 Å². The van der Waals surface area contributed by atoms with Gasteiger partial charge >= 0.3 is 0 Å². The molecule has 0 saturated carbocycles. The predicted octanol–water partition coefficient (Wildman–Crippen LogP) is 5.35. The average Bonchev–Trinajstić information content (AvgIpc) is 3.44. The summed E-state index contributed by atoms with van der Waals surface area (Å²) in [5.41, 5.74) is 9.88. The summed E-state index contributed by atoms with van der Waals surface area (Å²) in [6, 6.07) is 9.78. The Labute approximate surface area is 251 Å². The normalized spacial score (nSPS) is 15.8. The van der Waals surface area contributed by atoms with Gasteiger partial charge in [-0.1, -0.05) is 40.0 Å². The number of pyridine rings is 1. The van der Waals surface area contributed by atoms with Gasteiger partial charge in [0.1, 0.15) is 5.82 Å². The molecule has 42 heavy (non-hydrogen) atoms. The highest BCUT2D eigenvalue weighted by molar-refractivity contribution is 5.96. The van der Waals surface area contributed by atoms with Crippen LogP contribution < -0.4 is 27.0 Å². The summed E-state index contributed by atoms with van der Waals surface area (Å²) in [5.74, 6) is 0.322. The molecule has 2 atom stereocenters. The second-order valence-electron chi connectivity index (χ2n) is 11.4. The molecular weight excluding hydrogens is 526 g/mol. The van der Waals surface area contributed by atoms with Gasteiger partial charge in [-0.15, -0.1) is 0 Å². The lowest BCUT2D eigenvalue weighted by Gasteiger charge is -2.22. The Bertz CT molecular complexity index is 1240. The smallest absolute Gasteiger partial charge is 0.253 e.